The Morgan fingerprint density at radius 3 is 2.48 bits per heavy atom. The number of nitrogens with one attached hydrogen (secondary N) is 2. The fourth-order valence-corrected chi connectivity index (χ4v) is 3.59. The summed E-state index contributed by atoms with van der Waals surface area (Å²) in [7, 11) is 0. The number of nitrogens with zero attached hydrogens (tertiary/aromatic N) is 2. The molecule has 2 N–H and O–H groups in total. The molecule has 1 aromatic carbocycles. The third-order valence-electron chi connectivity index (χ3n) is 4.88. The Labute approximate surface area is 169 Å². The van der Waals surface area contributed by atoms with Crippen LogP contribution in [0.15, 0.2) is 47.5 Å². The van der Waals surface area contributed by atoms with E-state index in [1.54, 1.807) is 0 Å². The van der Waals surface area contributed by atoms with E-state index in [0.717, 1.165) is 31.9 Å². The van der Waals surface area contributed by atoms with Gasteiger partial charge in [-0.2, -0.15) is 0 Å². The van der Waals surface area contributed by atoms with Crippen LogP contribution < -0.4 is 10.6 Å². The Kier molecular flexibility index (Phi) is 8.75. The Morgan fingerprint density at radius 1 is 1.16 bits per heavy atom. The SMILES string of the molecule is CCNC(=NCC(c1ccccc1)N1CCCC1)NC1CC=CC1.I. The van der Waals surface area contributed by atoms with Gasteiger partial charge in [0.25, 0.3) is 0 Å². The van der Waals surface area contributed by atoms with E-state index in [-0.39, 0.29) is 24.0 Å². The van der Waals surface area contributed by atoms with E-state index in [1.807, 2.05) is 0 Å². The zero-order valence-corrected chi connectivity index (χ0v) is 17.5. The van der Waals surface area contributed by atoms with Crippen molar-refractivity contribution in [3.05, 3.63) is 48.0 Å². The van der Waals surface area contributed by atoms with Crippen molar-refractivity contribution < 1.29 is 0 Å². The van der Waals surface area contributed by atoms with Gasteiger partial charge in [-0.25, -0.2) is 0 Å². The van der Waals surface area contributed by atoms with Crippen LogP contribution in [0.25, 0.3) is 0 Å². The van der Waals surface area contributed by atoms with Gasteiger partial charge in [0.05, 0.1) is 12.6 Å². The molecule has 0 amide bonds. The molecule has 3 rings (SSSR count). The predicted molar refractivity (Wildman–Crippen MR) is 117 cm³/mol. The van der Waals surface area contributed by atoms with Crippen molar-refractivity contribution in [2.24, 2.45) is 4.99 Å². The molecule has 5 heteroatoms. The summed E-state index contributed by atoms with van der Waals surface area (Å²) >= 11 is 0. The molecule has 0 aromatic heterocycles. The van der Waals surface area contributed by atoms with Crippen molar-refractivity contribution in [2.75, 3.05) is 26.2 Å². The lowest BCUT2D eigenvalue weighted by atomic mass is 10.1. The molecule has 25 heavy (non-hydrogen) atoms. The van der Waals surface area contributed by atoms with Crippen LogP contribution in [0, 0.1) is 0 Å². The molecule has 0 bridgehead atoms. The number of guanidine groups is 1. The zero-order valence-electron chi connectivity index (χ0n) is 15.2. The monoisotopic (exact) mass is 454 g/mol. The number of halogens is 1. The first-order chi connectivity index (χ1) is 11.9. The molecule has 1 aromatic rings. The topological polar surface area (TPSA) is 39.7 Å². The standard InChI is InChI=1S/C20H30N4.HI/c1-2-21-20(23-18-12-6-7-13-18)22-16-19(24-14-8-9-15-24)17-10-4-3-5-11-17;/h3-7,10-11,18-19H,2,8-9,12-16H2,1H3,(H2,21,22,23);1H. The molecule has 1 heterocycles. The molecular formula is C20H31IN4. The second-order valence-corrected chi connectivity index (χ2v) is 6.67. The van der Waals surface area contributed by atoms with E-state index in [1.165, 1.54) is 31.5 Å². The van der Waals surface area contributed by atoms with Gasteiger partial charge in [-0.05, 0) is 51.3 Å². The van der Waals surface area contributed by atoms with Crippen LogP contribution in [-0.2, 0) is 0 Å². The van der Waals surface area contributed by atoms with Gasteiger partial charge < -0.3 is 10.6 Å². The van der Waals surface area contributed by atoms with Crippen LogP contribution in [0.4, 0.5) is 0 Å². The fourth-order valence-electron chi connectivity index (χ4n) is 3.59. The molecule has 2 aliphatic rings. The molecule has 4 nitrogen and oxygen atoms in total. The average Bonchev–Trinajstić information content (AvgIpc) is 3.30. The highest BCUT2D eigenvalue weighted by molar-refractivity contribution is 14.0. The molecule has 1 unspecified atom stereocenters. The summed E-state index contributed by atoms with van der Waals surface area (Å²) in [5.74, 6) is 0.950. The van der Waals surface area contributed by atoms with E-state index < -0.39 is 0 Å². The summed E-state index contributed by atoms with van der Waals surface area (Å²) in [6.07, 6.45) is 9.30. The van der Waals surface area contributed by atoms with Gasteiger partial charge in [-0.1, -0.05) is 42.5 Å². The maximum absolute atomic E-state index is 4.92. The van der Waals surface area contributed by atoms with Crippen molar-refractivity contribution in [1.82, 2.24) is 15.5 Å². The lowest BCUT2D eigenvalue weighted by Gasteiger charge is -2.27. The van der Waals surface area contributed by atoms with E-state index in [9.17, 15) is 0 Å². The van der Waals surface area contributed by atoms with Gasteiger partial charge in [0, 0.05) is 12.6 Å². The average molecular weight is 454 g/mol. The first kappa shape index (κ1) is 20.2. The van der Waals surface area contributed by atoms with Gasteiger partial charge in [0.1, 0.15) is 0 Å². The third-order valence-corrected chi connectivity index (χ3v) is 4.88. The molecule has 0 spiro atoms. The van der Waals surface area contributed by atoms with Gasteiger partial charge in [-0.3, -0.25) is 9.89 Å². The van der Waals surface area contributed by atoms with Gasteiger partial charge in [0.15, 0.2) is 5.96 Å². The number of benzene rings is 1. The molecule has 1 fully saturated rings. The fraction of sp³-hybridized carbons (Fsp3) is 0.550. The summed E-state index contributed by atoms with van der Waals surface area (Å²) in [6.45, 7) is 6.20. The molecule has 0 saturated carbocycles. The third kappa shape index (κ3) is 5.99. The first-order valence-electron chi connectivity index (χ1n) is 9.35. The van der Waals surface area contributed by atoms with E-state index in [2.05, 4.69) is 64.9 Å². The lowest BCUT2D eigenvalue weighted by molar-refractivity contribution is 0.251. The Bertz CT molecular complexity index is 544. The van der Waals surface area contributed by atoms with Gasteiger partial charge in [0.2, 0.25) is 0 Å². The second kappa shape index (κ2) is 10.8. The van der Waals surface area contributed by atoms with Crippen LogP contribution in [0.2, 0.25) is 0 Å². The zero-order chi connectivity index (χ0) is 16.6. The van der Waals surface area contributed by atoms with Crippen molar-refractivity contribution in [3.8, 4) is 0 Å². The van der Waals surface area contributed by atoms with Crippen molar-refractivity contribution in [2.45, 2.75) is 44.7 Å². The van der Waals surface area contributed by atoms with Crippen LogP contribution in [-0.4, -0.2) is 43.1 Å². The minimum absolute atomic E-state index is 0. The Balaban J connectivity index is 0.00000225. The van der Waals surface area contributed by atoms with Crippen LogP contribution >= 0.6 is 24.0 Å². The number of rotatable bonds is 6. The molecule has 0 radical (unpaired) electrons. The summed E-state index contributed by atoms with van der Waals surface area (Å²) in [6, 6.07) is 11.7. The molecule has 1 aliphatic heterocycles. The quantitative estimate of drug-likeness (QED) is 0.298. The summed E-state index contributed by atoms with van der Waals surface area (Å²) in [5.41, 5.74) is 1.38. The van der Waals surface area contributed by atoms with E-state index >= 15 is 0 Å². The van der Waals surface area contributed by atoms with Crippen molar-refractivity contribution in [3.63, 3.8) is 0 Å². The molecule has 138 valence electrons. The van der Waals surface area contributed by atoms with Gasteiger partial charge in [-0.15, -0.1) is 24.0 Å². The second-order valence-electron chi connectivity index (χ2n) is 6.67. The molecule has 1 aliphatic carbocycles. The van der Waals surface area contributed by atoms with Gasteiger partial charge >= 0.3 is 0 Å². The molecular weight excluding hydrogens is 423 g/mol. The number of hydrogen-bond donors (Lipinski definition) is 2. The van der Waals surface area contributed by atoms with E-state index in [4.69, 9.17) is 4.99 Å². The first-order valence-corrected chi connectivity index (χ1v) is 9.35. The summed E-state index contributed by atoms with van der Waals surface area (Å²) in [5, 5.41) is 6.97. The Morgan fingerprint density at radius 2 is 1.84 bits per heavy atom. The predicted octanol–water partition coefficient (Wildman–Crippen LogP) is 3.72. The number of hydrogen-bond acceptors (Lipinski definition) is 2. The van der Waals surface area contributed by atoms with Crippen molar-refractivity contribution in [1.29, 1.82) is 0 Å². The smallest absolute Gasteiger partial charge is 0.191 e. The van der Waals surface area contributed by atoms with Crippen LogP contribution in [0.1, 0.15) is 44.2 Å². The minimum Gasteiger partial charge on any atom is -0.357 e. The molecule has 1 atom stereocenters. The highest BCUT2D eigenvalue weighted by Gasteiger charge is 2.23. The maximum Gasteiger partial charge on any atom is 0.191 e. The van der Waals surface area contributed by atoms with E-state index in [0.29, 0.717) is 12.1 Å². The molecule has 1 saturated heterocycles. The van der Waals surface area contributed by atoms with Crippen LogP contribution in [0.5, 0.6) is 0 Å². The summed E-state index contributed by atoms with van der Waals surface area (Å²) in [4.78, 5) is 7.51. The highest BCUT2D eigenvalue weighted by atomic mass is 127. The Hall–Kier alpha value is -1.08. The highest BCUT2D eigenvalue weighted by Crippen LogP contribution is 2.25. The number of likely N-dealkylation sites (tertiary alicyclic amines) is 1. The lowest BCUT2D eigenvalue weighted by Crippen LogP contribution is -2.43. The maximum atomic E-state index is 4.92. The summed E-state index contributed by atoms with van der Waals surface area (Å²) < 4.78 is 0. The number of aliphatic imine (C=N–C) groups is 1. The van der Waals surface area contributed by atoms with Crippen LogP contribution in [0.3, 0.4) is 0 Å². The normalized spacial score (nSPS) is 19.6. The minimum atomic E-state index is 0. The largest absolute Gasteiger partial charge is 0.357 e. The van der Waals surface area contributed by atoms with Crippen molar-refractivity contribution >= 4 is 29.9 Å².